The Bertz CT molecular complexity index is 3110. The third kappa shape index (κ3) is 6.87. The Morgan fingerprint density at radius 2 is 1.17 bits per heavy atom. The van der Waals surface area contributed by atoms with Crippen molar-refractivity contribution in [2.45, 2.75) is 45.1 Å². The number of carboxylic acids is 2. The van der Waals surface area contributed by atoms with E-state index in [1.165, 1.54) is 0 Å². The average Bonchev–Trinajstić information content (AvgIpc) is 3.89. The third-order valence-electron chi connectivity index (χ3n) is 10.1. The summed E-state index contributed by atoms with van der Waals surface area (Å²) in [6.07, 6.45) is -2.64. The molecule has 59 heavy (non-hydrogen) atoms. The van der Waals surface area contributed by atoms with Crippen molar-refractivity contribution < 1.29 is 48.6 Å². The standard InChI is InChI=1S/C42H31Cl3N8O5.Zn/c1-42(2,3)18-13-14-22-25(15-18)37-48-36(22)47-34-20-9-5-6-10-21(20)35(46-34)49-38-28-29(31(44)33(32(45)30(28)43)58-19(16-26(54)55)17-27(56)57)39(50-38)52-41-24-12-8-7-11-23(24)40(51-37)53(41)4;/h5-15,19H,16-17H2,1-4H3,(H3,46,47,48,49,50,51,52,54,55,56,57);/q;+2/p-1. The van der Waals surface area contributed by atoms with Crippen molar-refractivity contribution >= 4 is 90.9 Å². The van der Waals surface area contributed by atoms with E-state index in [0.29, 0.717) is 39.9 Å². The molecule has 2 aliphatic rings. The minimum atomic E-state index is -1.34. The van der Waals surface area contributed by atoms with E-state index in [9.17, 15) is 19.8 Å². The van der Waals surface area contributed by atoms with Crippen molar-refractivity contribution in [2.75, 3.05) is 0 Å². The van der Waals surface area contributed by atoms with Crippen molar-refractivity contribution in [2.24, 2.45) is 7.05 Å². The number of fused-ring (bicyclic) bond motifs is 20. The molecule has 13 nitrogen and oxygen atoms in total. The van der Waals surface area contributed by atoms with Crippen LogP contribution < -0.4 is 19.3 Å². The number of hydrogen-bond donors (Lipinski definition) is 2. The molecule has 0 fully saturated rings. The number of aliphatic carboxylic acids is 2. The molecule has 0 spiro atoms. The Balaban J connectivity index is 0.00000484. The summed E-state index contributed by atoms with van der Waals surface area (Å²) in [4.78, 5) is 58.4. The zero-order valence-electron chi connectivity index (χ0n) is 31.9. The maximum atomic E-state index is 11.7. The zero-order valence-corrected chi connectivity index (χ0v) is 37.1. The fourth-order valence-electron chi connectivity index (χ4n) is 7.30. The molecule has 2 N–H and O–H groups in total. The molecule has 0 radical (unpaired) electrons. The molecule has 0 saturated heterocycles. The van der Waals surface area contributed by atoms with E-state index in [4.69, 9.17) is 74.4 Å². The van der Waals surface area contributed by atoms with E-state index in [1.54, 1.807) is 0 Å². The van der Waals surface area contributed by atoms with Crippen LogP contribution in [-0.2, 0) is 41.5 Å². The fraction of sp³-hybridized carbons (Fsp3) is 0.190. The van der Waals surface area contributed by atoms with Gasteiger partial charge in [0, 0.05) is 55.6 Å². The number of halogens is 3. The van der Waals surface area contributed by atoms with Crippen LogP contribution in [0.1, 0.15) is 39.2 Å². The zero-order chi connectivity index (χ0) is 40.8. The molecular weight excluding hydrogens is 868 g/mol. The molecule has 4 aromatic carbocycles. The second-order valence-corrected chi connectivity index (χ2v) is 16.1. The third-order valence-corrected chi connectivity index (χ3v) is 11.3. The van der Waals surface area contributed by atoms with Gasteiger partial charge in [0.25, 0.3) is 0 Å². The minimum Gasteiger partial charge on any atom is -0.486 e. The van der Waals surface area contributed by atoms with Gasteiger partial charge in [-0.2, -0.15) is 0 Å². The summed E-state index contributed by atoms with van der Waals surface area (Å²) in [6.45, 7) is 6.45. The van der Waals surface area contributed by atoms with Gasteiger partial charge in [-0.25, -0.2) is 4.98 Å². The molecule has 0 amide bonds. The monoisotopic (exact) mass is 895 g/mol. The summed E-state index contributed by atoms with van der Waals surface area (Å²) < 4.78 is 7.78. The number of hydrogen-bond acceptors (Lipinski definition) is 8. The Labute approximate surface area is 363 Å². The first-order valence-corrected chi connectivity index (χ1v) is 19.2. The van der Waals surface area contributed by atoms with Crippen LogP contribution in [0.2, 0.25) is 15.1 Å². The largest absolute Gasteiger partial charge is 2.00 e. The van der Waals surface area contributed by atoms with Crippen LogP contribution in [0, 0.1) is 0 Å². The van der Waals surface area contributed by atoms with Crippen LogP contribution in [0.15, 0.2) is 66.7 Å². The van der Waals surface area contributed by atoms with Gasteiger partial charge in [-0.3, -0.25) is 14.2 Å². The summed E-state index contributed by atoms with van der Waals surface area (Å²) in [5.74, 6) is -1.11. The number of rotatable bonds is 6. The fourth-order valence-corrected chi connectivity index (χ4v) is 8.17. The van der Waals surface area contributed by atoms with Crippen molar-refractivity contribution in [3.63, 3.8) is 0 Å². The second kappa shape index (κ2) is 14.9. The molecule has 17 heteroatoms. The number of benzene rings is 4. The molecule has 0 aliphatic carbocycles. The average molecular weight is 899 g/mol. The molecule has 2 aliphatic heterocycles. The molecule has 8 bridgehead atoms. The Morgan fingerprint density at radius 1 is 0.678 bits per heavy atom. The van der Waals surface area contributed by atoms with Gasteiger partial charge in [0.15, 0.2) is 5.75 Å². The summed E-state index contributed by atoms with van der Waals surface area (Å²) in [5, 5.41) is 20.7. The van der Waals surface area contributed by atoms with Gasteiger partial charge in [-0.05, 0) is 27.8 Å². The first-order chi connectivity index (χ1) is 27.7. The molecule has 7 aromatic rings. The smallest absolute Gasteiger partial charge is 0.486 e. The van der Waals surface area contributed by atoms with E-state index < -0.39 is 30.9 Å². The van der Waals surface area contributed by atoms with Gasteiger partial charge in [0.05, 0.1) is 41.6 Å². The van der Waals surface area contributed by atoms with Gasteiger partial charge >= 0.3 is 31.4 Å². The molecule has 0 saturated carbocycles. The van der Waals surface area contributed by atoms with Crippen LogP contribution in [0.4, 0.5) is 0 Å². The molecule has 3 aromatic heterocycles. The number of ether oxygens (including phenoxy) is 1. The van der Waals surface area contributed by atoms with E-state index >= 15 is 0 Å². The van der Waals surface area contributed by atoms with Crippen LogP contribution in [-0.4, -0.2) is 53.2 Å². The Morgan fingerprint density at radius 3 is 1.75 bits per heavy atom. The SMILES string of the molecule is C[n+]1c2nc3[n-]c(nc4nc(nc5[n-]c(nc1-c1ccccc1-2)c1c(Cl)c(OC(CC(=O)O)CC(=O)O)c(Cl)c(Cl)c51)-c1ccccc1-4)c1ccc(C(C)(C)C)cc31.[Zn+2]. The predicted molar refractivity (Wildman–Crippen MR) is 220 cm³/mol. The van der Waals surface area contributed by atoms with Crippen LogP contribution >= 0.6 is 34.8 Å². The summed E-state index contributed by atoms with van der Waals surface area (Å²) in [6, 6.07) is 21.4. The number of carboxylic acid groups (broad SMARTS) is 2. The van der Waals surface area contributed by atoms with Crippen molar-refractivity contribution in [3.8, 4) is 51.3 Å². The molecule has 290 valence electrons. The number of carbonyl (C=O) groups is 2. The molecule has 5 heterocycles. The summed E-state index contributed by atoms with van der Waals surface area (Å²) in [5.41, 5.74) is 4.93. The number of nitrogens with zero attached hydrogens (tertiary/aromatic N) is 8. The van der Waals surface area contributed by atoms with E-state index in [1.807, 2.05) is 66.2 Å². The quantitative estimate of drug-likeness (QED) is 0.0925. The summed E-state index contributed by atoms with van der Waals surface area (Å²) >= 11 is 21.0. The maximum Gasteiger partial charge on any atom is 2.00 e. The predicted octanol–water partition coefficient (Wildman–Crippen LogP) is 8.51. The van der Waals surface area contributed by atoms with Crippen molar-refractivity contribution in [1.82, 2.24) is 34.9 Å². The van der Waals surface area contributed by atoms with Crippen molar-refractivity contribution in [3.05, 3.63) is 87.4 Å². The van der Waals surface area contributed by atoms with Crippen molar-refractivity contribution in [1.29, 1.82) is 0 Å². The Hall–Kier alpha value is -5.53. The molecule has 0 unspecified atom stereocenters. The van der Waals surface area contributed by atoms with Gasteiger partial charge in [-0.15, -0.1) is 0 Å². The first-order valence-electron chi connectivity index (χ1n) is 18.1. The van der Waals surface area contributed by atoms with Gasteiger partial charge < -0.3 is 44.9 Å². The van der Waals surface area contributed by atoms with Crippen LogP contribution in [0.5, 0.6) is 5.75 Å². The minimum absolute atomic E-state index is 0. The second-order valence-electron chi connectivity index (χ2n) is 15.0. The van der Waals surface area contributed by atoms with Gasteiger partial charge in [-0.1, -0.05) is 116 Å². The normalized spacial score (nSPS) is 12.1. The Kier molecular flexibility index (Phi) is 10.2. The number of aromatic nitrogens is 8. The van der Waals surface area contributed by atoms with Crippen LogP contribution in [0.3, 0.4) is 0 Å². The van der Waals surface area contributed by atoms with Crippen LogP contribution in [0.25, 0.3) is 89.7 Å². The van der Waals surface area contributed by atoms with E-state index in [-0.39, 0.29) is 73.6 Å². The van der Waals surface area contributed by atoms with E-state index in [0.717, 1.165) is 27.5 Å². The molecular formula is C42H30Cl3N8O5Zn+. The van der Waals surface area contributed by atoms with Gasteiger partial charge in [0.2, 0.25) is 0 Å². The molecule has 0 atom stereocenters. The maximum absolute atomic E-state index is 11.7. The first kappa shape index (κ1) is 40.3. The summed E-state index contributed by atoms with van der Waals surface area (Å²) in [7, 11) is 1.83. The molecule has 9 rings (SSSR count). The topological polar surface area (TPSA) is 180 Å². The van der Waals surface area contributed by atoms with Gasteiger partial charge in [0.1, 0.15) is 22.8 Å². The van der Waals surface area contributed by atoms with E-state index in [2.05, 4.69) is 32.9 Å².